The van der Waals surface area contributed by atoms with Crippen LogP contribution in [0.25, 0.3) is 0 Å². The molecule has 0 saturated carbocycles. The number of rotatable bonds is 2. The van der Waals surface area contributed by atoms with Crippen LogP contribution < -0.4 is 4.72 Å². The smallest absolute Gasteiger partial charge is 0.0417 e. The Balaban J connectivity index is 0.000000461. The third-order valence-electron chi connectivity index (χ3n) is 0.854. The predicted octanol–water partition coefficient (Wildman–Crippen LogP) is 2.33. The molecule has 1 N–H and O–H groups in total. The number of pyridine rings is 1. The fraction of sp³-hybridized carbons (Fsp3) is 0.375. The van der Waals surface area contributed by atoms with Crippen molar-refractivity contribution in [2.45, 2.75) is 18.7 Å². The highest BCUT2D eigenvalue weighted by Gasteiger charge is 1.85. The zero-order valence-corrected chi connectivity index (χ0v) is 7.98. The van der Waals surface area contributed by atoms with Gasteiger partial charge in [-0.25, -0.2) is 0 Å². The van der Waals surface area contributed by atoms with Crippen LogP contribution in [-0.2, 0) is 0 Å². The van der Waals surface area contributed by atoms with Gasteiger partial charge in [-0.05, 0) is 31.1 Å². The lowest BCUT2D eigenvalue weighted by Gasteiger charge is -1.94. The molecule has 1 aromatic rings. The standard InChI is InChI=1S/C6H8N2S.C2H6/c1-7-9-6-3-2-4-8-5-6;1-2/h2-5,7H,1H3;1-2H3. The molecule has 0 radical (unpaired) electrons. The van der Waals surface area contributed by atoms with Gasteiger partial charge in [-0.2, -0.15) is 0 Å². The summed E-state index contributed by atoms with van der Waals surface area (Å²) in [4.78, 5) is 5.08. The topological polar surface area (TPSA) is 24.9 Å². The zero-order valence-electron chi connectivity index (χ0n) is 7.16. The fourth-order valence-electron chi connectivity index (χ4n) is 0.525. The highest BCUT2D eigenvalue weighted by Crippen LogP contribution is 2.09. The number of hydrogen-bond donors (Lipinski definition) is 1. The molecule has 0 spiro atoms. The van der Waals surface area contributed by atoms with Gasteiger partial charge in [0.2, 0.25) is 0 Å². The van der Waals surface area contributed by atoms with Gasteiger partial charge in [0.05, 0.1) is 0 Å². The molecule has 0 aliphatic carbocycles. The van der Waals surface area contributed by atoms with Gasteiger partial charge < -0.3 is 0 Å². The van der Waals surface area contributed by atoms with Gasteiger partial charge in [0.25, 0.3) is 0 Å². The summed E-state index contributed by atoms with van der Waals surface area (Å²) in [5, 5.41) is 0. The lowest BCUT2D eigenvalue weighted by Crippen LogP contribution is -1.89. The Morgan fingerprint density at radius 3 is 2.64 bits per heavy atom. The summed E-state index contributed by atoms with van der Waals surface area (Å²) >= 11 is 1.56. The Bertz CT molecular complexity index is 165. The van der Waals surface area contributed by atoms with Crippen LogP contribution in [0.3, 0.4) is 0 Å². The monoisotopic (exact) mass is 170 g/mol. The maximum absolute atomic E-state index is 3.94. The molecule has 0 saturated heterocycles. The van der Waals surface area contributed by atoms with Crippen molar-refractivity contribution >= 4 is 11.9 Å². The molecule has 0 aromatic carbocycles. The van der Waals surface area contributed by atoms with E-state index in [1.807, 2.05) is 39.2 Å². The summed E-state index contributed by atoms with van der Waals surface area (Å²) in [7, 11) is 1.89. The SMILES string of the molecule is CC.CNSc1cccnc1. The molecule has 62 valence electrons. The minimum Gasteiger partial charge on any atom is -0.264 e. The van der Waals surface area contributed by atoms with E-state index in [9.17, 15) is 0 Å². The van der Waals surface area contributed by atoms with Crippen molar-refractivity contribution in [1.82, 2.24) is 9.71 Å². The Morgan fingerprint density at radius 2 is 2.18 bits per heavy atom. The number of hydrogen-bond acceptors (Lipinski definition) is 3. The summed E-state index contributed by atoms with van der Waals surface area (Å²) < 4.78 is 2.96. The molecule has 0 unspecified atom stereocenters. The van der Waals surface area contributed by atoms with E-state index in [0.717, 1.165) is 4.90 Å². The van der Waals surface area contributed by atoms with Crippen LogP contribution in [0.5, 0.6) is 0 Å². The fourth-order valence-corrected chi connectivity index (χ4v) is 1.02. The second-order valence-corrected chi connectivity index (χ2v) is 2.58. The third-order valence-corrected chi connectivity index (χ3v) is 1.54. The maximum Gasteiger partial charge on any atom is 0.0417 e. The van der Waals surface area contributed by atoms with E-state index in [-0.39, 0.29) is 0 Å². The van der Waals surface area contributed by atoms with Crippen molar-refractivity contribution in [2.24, 2.45) is 0 Å². The first-order valence-corrected chi connectivity index (χ1v) is 4.49. The number of nitrogens with zero attached hydrogens (tertiary/aromatic N) is 1. The van der Waals surface area contributed by atoms with Crippen molar-refractivity contribution in [3.05, 3.63) is 24.5 Å². The highest BCUT2D eigenvalue weighted by atomic mass is 32.2. The van der Waals surface area contributed by atoms with Gasteiger partial charge in [-0.1, -0.05) is 13.8 Å². The Kier molecular flexibility index (Phi) is 7.19. The molecule has 3 heteroatoms. The van der Waals surface area contributed by atoms with Gasteiger partial charge in [0.15, 0.2) is 0 Å². The molecule has 0 bridgehead atoms. The molecule has 0 aliphatic rings. The van der Waals surface area contributed by atoms with Crippen molar-refractivity contribution in [2.75, 3.05) is 7.05 Å². The van der Waals surface area contributed by atoms with Gasteiger partial charge in [-0.15, -0.1) is 0 Å². The summed E-state index contributed by atoms with van der Waals surface area (Å²) in [6.45, 7) is 4.00. The largest absolute Gasteiger partial charge is 0.264 e. The van der Waals surface area contributed by atoms with E-state index in [1.165, 1.54) is 0 Å². The number of aromatic nitrogens is 1. The third kappa shape index (κ3) is 4.81. The first-order chi connectivity index (χ1) is 5.43. The van der Waals surface area contributed by atoms with Gasteiger partial charge in [0, 0.05) is 17.3 Å². The highest BCUT2D eigenvalue weighted by molar-refractivity contribution is 7.97. The summed E-state index contributed by atoms with van der Waals surface area (Å²) in [5.74, 6) is 0. The number of nitrogens with one attached hydrogen (secondary N) is 1. The minimum absolute atomic E-state index is 1.14. The van der Waals surface area contributed by atoms with Crippen LogP contribution in [0.15, 0.2) is 29.4 Å². The van der Waals surface area contributed by atoms with Crippen LogP contribution >= 0.6 is 11.9 Å². The molecule has 1 aromatic heterocycles. The molecule has 0 aliphatic heterocycles. The quantitative estimate of drug-likeness (QED) is 0.690. The lowest BCUT2D eigenvalue weighted by molar-refractivity contribution is 1.21. The molecule has 11 heavy (non-hydrogen) atoms. The minimum atomic E-state index is 1.14. The van der Waals surface area contributed by atoms with E-state index >= 15 is 0 Å². The van der Waals surface area contributed by atoms with Crippen LogP contribution in [0.4, 0.5) is 0 Å². The van der Waals surface area contributed by atoms with Gasteiger partial charge >= 0.3 is 0 Å². The average Bonchev–Trinajstić information content (AvgIpc) is 2.11. The van der Waals surface area contributed by atoms with Crippen LogP contribution in [-0.4, -0.2) is 12.0 Å². The second-order valence-electron chi connectivity index (χ2n) is 1.49. The van der Waals surface area contributed by atoms with Crippen molar-refractivity contribution in [1.29, 1.82) is 0 Å². The zero-order chi connectivity index (χ0) is 8.53. The van der Waals surface area contributed by atoms with E-state index < -0.39 is 0 Å². The van der Waals surface area contributed by atoms with Crippen molar-refractivity contribution in [3.8, 4) is 0 Å². The van der Waals surface area contributed by atoms with Gasteiger partial charge in [-0.3, -0.25) is 9.71 Å². The second kappa shape index (κ2) is 7.57. The van der Waals surface area contributed by atoms with E-state index in [4.69, 9.17) is 0 Å². The van der Waals surface area contributed by atoms with Crippen molar-refractivity contribution in [3.63, 3.8) is 0 Å². The van der Waals surface area contributed by atoms with E-state index in [1.54, 1.807) is 18.1 Å². The predicted molar refractivity (Wildman–Crippen MR) is 50.5 cm³/mol. The van der Waals surface area contributed by atoms with Crippen LogP contribution in [0, 0.1) is 0 Å². The summed E-state index contributed by atoms with van der Waals surface area (Å²) in [6, 6.07) is 3.92. The first-order valence-electron chi connectivity index (χ1n) is 3.67. The first kappa shape index (κ1) is 10.5. The molecular formula is C8H14N2S. The molecule has 0 amide bonds. The Labute approximate surface area is 72.6 Å². The summed E-state index contributed by atoms with van der Waals surface area (Å²) in [6.07, 6.45) is 3.58. The van der Waals surface area contributed by atoms with E-state index in [2.05, 4.69) is 9.71 Å². The molecule has 1 heterocycles. The molecule has 1 rings (SSSR count). The lowest BCUT2D eigenvalue weighted by atomic mass is 10.5. The molecule has 0 fully saturated rings. The molecule has 2 nitrogen and oxygen atoms in total. The maximum atomic E-state index is 3.94. The molecule has 0 atom stereocenters. The van der Waals surface area contributed by atoms with Crippen LogP contribution in [0.1, 0.15) is 13.8 Å². The van der Waals surface area contributed by atoms with Crippen molar-refractivity contribution < 1.29 is 0 Å². The normalized spacial score (nSPS) is 8.27. The Morgan fingerprint density at radius 1 is 1.45 bits per heavy atom. The average molecular weight is 170 g/mol. The molecular weight excluding hydrogens is 156 g/mol. The van der Waals surface area contributed by atoms with E-state index in [0.29, 0.717) is 0 Å². The Hall–Kier alpha value is -0.540. The van der Waals surface area contributed by atoms with Gasteiger partial charge in [0.1, 0.15) is 0 Å². The van der Waals surface area contributed by atoms with Crippen LogP contribution in [0.2, 0.25) is 0 Å². The summed E-state index contributed by atoms with van der Waals surface area (Å²) in [5.41, 5.74) is 0.